The van der Waals surface area contributed by atoms with Crippen molar-refractivity contribution in [3.63, 3.8) is 0 Å². The molecule has 3 N–H and O–H groups in total. The number of nitrogens with one attached hydrogen (secondary N) is 1. The summed E-state index contributed by atoms with van der Waals surface area (Å²) in [6, 6.07) is 7.12. The van der Waals surface area contributed by atoms with Gasteiger partial charge in [-0.3, -0.25) is 4.79 Å². The molecule has 2 aromatic rings. The van der Waals surface area contributed by atoms with Gasteiger partial charge in [-0.15, -0.1) is 11.3 Å². The number of anilines is 2. The number of carbonyl (C=O) groups excluding carboxylic acids is 1. The van der Waals surface area contributed by atoms with Crippen LogP contribution in [0.1, 0.15) is 10.5 Å². The highest BCUT2D eigenvalue weighted by molar-refractivity contribution is 7.13. The molecule has 2 rings (SSSR count). The number of methoxy groups -OCH3 is 1. The molecule has 0 aliphatic carbocycles. The van der Waals surface area contributed by atoms with Crippen molar-refractivity contribution in [3.05, 3.63) is 35.3 Å². The van der Waals surface area contributed by atoms with E-state index in [1.165, 1.54) is 11.3 Å². The monoisotopic (exact) mass is 293 g/mol. The van der Waals surface area contributed by atoms with Crippen LogP contribution in [0, 0.1) is 0 Å². The Morgan fingerprint density at radius 2 is 2.30 bits per heavy atom. The molecule has 0 atom stereocenters. The van der Waals surface area contributed by atoms with Crippen LogP contribution in [0.25, 0.3) is 0 Å². The quantitative estimate of drug-likeness (QED) is 0.796. The summed E-state index contributed by atoms with van der Waals surface area (Å²) in [5.74, 6) is 0.365. The summed E-state index contributed by atoms with van der Waals surface area (Å²) < 4.78 is 10.4. The van der Waals surface area contributed by atoms with Crippen molar-refractivity contribution in [3.8, 4) is 5.75 Å². The summed E-state index contributed by atoms with van der Waals surface area (Å²) in [7, 11) is 1.61. The van der Waals surface area contributed by atoms with Crippen molar-refractivity contribution >= 4 is 28.1 Å². The SMILES string of the molecule is COCCOc1cccc(NC(=O)c2csc(N)n2)c1. The van der Waals surface area contributed by atoms with Gasteiger partial charge in [0.05, 0.1) is 6.61 Å². The summed E-state index contributed by atoms with van der Waals surface area (Å²) in [6.45, 7) is 0.963. The van der Waals surface area contributed by atoms with E-state index in [0.29, 0.717) is 35.5 Å². The van der Waals surface area contributed by atoms with Crippen LogP contribution in [0.5, 0.6) is 5.75 Å². The molecule has 1 amide bonds. The number of amides is 1. The lowest BCUT2D eigenvalue weighted by Crippen LogP contribution is -2.12. The lowest BCUT2D eigenvalue weighted by molar-refractivity contribution is 0.102. The van der Waals surface area contributed by atoms with Gasteiger partial charge in [-0.05, 0) is 12.1 Å². The number of hydrogen-bond acceptors (Lipinski definition) is 6. The maximum Gasteiger partial charge on any atom is 0.275 e. The number of nitrogens with zero attached hydrogens (tertiary/aromatic N) is 1. The first-order chi connectivity index (χ1) is 9.69. The molecular formula is C13H15N3O3S. The zero-order valence-electron chi connectivity index (χ0n) is 11.0. The van der Waals surface area contributed by atoms with E-state index in [9.17, 15) is 4.79 Å². The molecule has 1 aromatic carbocycles. The highest BCUT2D eigenvalue weighted by Gasteiger charge is 2.10. The number of aromatic nitrogens is 1. The lowest BCUT2D eigenvalue weighted by Gasteiger charge is -2.08. The Kier molecular flexibility index (Phi) is 4.91. The van der Waals surface area contributed by atoms with E-state index in [-0.39, 0.29) is 5.91 Å². The van der Waals surface area contributed by atoms with Gasteiger partial charge in [0.25, 0.3) is 5.91 Å². The fourth-order valence-corrected chi connectivity index (χ4v) is 2.04. The van der Waals surface area contributed by atoms with Crippen molar-refractivity contribution in [2.75, 3.05) is 31.4 Å². The molecule has 7 heteroatoms. The van der Waals surface area contributed by atoms with E-state index in [0.717, 1.165) is 0 Å². The summed E-state index contributed by atoms with van der Waals surface area (Å²) in [4.78, 5) is 15.8. The number of nitrogen functional groups attached to an aromatic ring is 1. The van der Waals surface area contributed by atoms with Crippen molar-refractivity contribution < 1.29 is 14.3 Å². The fourth-order valence-electron chi connectivity index (χ4n) is 1.49. The van der Waals surface area contributed by atoms with Gasteiger partial charge in [0.15, 0.2) is 5.13 Å². The number of hydrogen-bond donors (Lipinski definition) is 2. The molecule has 1 heterocycles. The number of thiazole rings is 1. The minimum atomic E-state index is -0.299. The smallest absolute Gasteiger partial charge is 0.275 e. The zero-order chi connectivity index (χ0) is 14.4. The van der Waals surface area contributed by atoms with Gasteiger partial charge in [0.2, 0.25) is 0 Å². The van der Waals surface area contributed by atoms with Crippen molar-refractivity contribution in [1.29, 1.82) is 0 Å². The van der Waals surface area contributed by atoms with Crippen LogP contribution in [0.2, 0.25) is 0 Å². The van der Waals surface area contributed by atoms with Crippen LogP contribution in [0.4, 0.5) is 10.8 Å². The van der Waals surface area contributed by atoms with Gasteiger partial charge in [0.1, 0.15) is 18.1 Å². The minimum absolute atomic E-state index is 0.299. The zero-order valence-corrected chi connectivity index (χ0v) is 11.8. The second-order valence-corrected chi connectivity index (χ2v) is 4.78. The van der Waals surface area contributed by atoms with E-state index in [1.54, 1.807) is 30.7 Å². The van der Waals surface area contributed by atoms with E-state index in [4.69, 9.17) is 15.2 Å². The molecule has 0 radical (unpaired) electrons. The number of nitrogens with two attached hydrogens (primary N) is 1. The number of ether oxygens (including phenoxy) is 2. The molecule has 0 aliphatic heterocycles. The number of carbonyl (C=O) groups is 1. The molecular weight excluding hydrogens is 278 g/mol. The predicted molar refractivity (Wildman–Crippen MR) is 78.3 cm³/mol. The maximum atomic E-state index is 11.9. The number of rotatable bonds is 6. The topological polar surface area (TPSA) is 86.5 Å². The summed E-state index contributed by atoms with van der Waals surface area (Å²) in [6.07, 6.45) is 0. The average Bonchev–Trinajstić information content (AvgIpc) is 2.86. The van der Waals surface area contributed by atoms with Gasteiger partial charge in [-0.1, -0.05) is 6.07 Å². The molecule has 20 heavy (non-hydrogen) atoms. The Morgan fingerprint density at radius 1 is 1.45 bits per heavy atom. The molecule has 0 saturated heterocycles. The highest BCUT2D eigenvalue weighted by Crippen LogP contribution is 2.19. The first kappa shape index (κ1) is 14.3. The van der Waals surface area contributed by atoms with Crippen molar-refractivity contribution in [2.24, 2.45) is 0 Å². The minimum Gasteiger partial charge on any atom is -0.491 e. The van der Waals surface area contributed by atoms with Crippen LogP contribution in [0.3, 0.4) is 0 Å². The highest BCUT2D eigenvalue weighted by atomic mass is 32.1. The molecule has 0 aliphatic rings. The second kappa shape index (κ2) is 6.88. The summed E-state index contributed by atoms with van der Waals surface area (Å²) >= 11 is 1.23. The molecule has 106 valence electrons. The number of benzene rings is 1. The maximum absolute atomic E-state index is 11.9. The van der Waals surface area contributed by atoms with Crippen LogP contribution < -0.4 is 15.8 Å². The summed E-state index contributed by atoms with van der Waals surface area (Å²) in [5.41, 5.74) is 6.44. The largest absolute Gasteiger partial charge is 0.491 e. The third-order valence-electron chi connectivity index (χ3n) is 2.40. The Hall–Kier alpha value is -2.12. The van der Waals surface area contributed by atoms with Gasteiger partial charge >= 0.3 is 0 Å². The van der Waals surface area contributed by atoms with E-state index in [2.05, 4.69) is 10.3 Å². The van der Waals surface area contributed by atoms with E-state index >= 15 is 0 Å². The second-order valence-electron chi connectivity index (χ2n) is 3.89. The van der Waals surface area contributed by atoms with Crippen molar-refractivity contribution in [2.45, 2.75) is 0 Å². The lowest BCUT2D eigenvalue weighted by atomic mass is 10.3. The summed E-state index contributed by atoms with van der Waals surface area (Å²) in [5, 5.41) is 4.72. The average molecular weight is 293 g/mol. The normalized spacial score (nSPS) is 10.2. The van der Waals surface area contributed by atoms with Gasteiger partial charge in [0, 0.05) is 24.2 Å². The predicted octanol–water partition coefficient (Wildman–Crippen LogP) is 2.00. The van der Waals surface area contributed by atoms with Crippen LogP contribution in [-0.4, -0.2) is 31.2 Å². The molecule has 6 nitrogen and oxygen atoms in total. The molecule has 0 fully saturated rings. The molecule has 0 saturated carbocycles. The van der Waals surface area contributed by atoms with Gasteiger partial charge in [-0.25, -0.2) is 4.98 Å². The third kappa shape index (κ3) is 3.94. The first-order valence-electron chi connectivity index (χ1n) is 5.93. The Bertz CT molecular complexity index is 586. The third-order valence-corrected chi connectivity index (χ3v) is 3.08. The van der Waals surface area contributed by atoms with Crippen LogP contribution in [-0.2, 0) is 4.74 Å². The standard InChI is InChI=1S/C13H15N3O3S/c1-18-5-6-19-10-4-2-3-9(7-10)15-12(17)11-8-20-13(14)16-11/h2-4,7-8H,5-6H2,1H3,(H2,14,16)(H,15,17). The molecule has 0 unspecified atom stereocenters. The molecule has 0 bridgehead atoms. The van der Waals surface area contributed by atoms with Gasteiger partial charge < -0.3 is 20.5 Å². The Labute approximate surface area is 120 Å². The van der Waals surface area contributed by atoms with Crippen LogP contribution >= 0.6 is 11.3 Å². The Morgan fingerprint density at radius 3 is 3.00 bits per heavy atom. The van der Waals surface area contributed by atoms with E-state index < -0.39 is 0 Å². The van der Waals surface area contributed by atoms with Crippen LogP contribution in [0.15, 0.2) is 29.6 Å². The Balaban J connectivity index is 1.98. The fraction of sp³-hybridized carbons (Fsp3) is 0.231. The molecule has 1 aromatic heterocycles. The van der Waals surface area contributed by atoms with Gasteiger partial charge in [-0.2, -0.15) is 0 Å². The first-order valence-corrected chi connectivity index (χ1v) is 6.81. The van der Waals surface area contributed by atoms with Crippen molar-refractivity contribution in [1.82, 2.24) is 4.98 Å². The van der Waals surface area contributed by atoms with E-state index in [1.807, 2.05) is 6.07 Å². The molecule has 0 spiro atoms.